The molecule has 0 unspecified atom stereocenters. The van der Waals surface area contributed by atoms with Crippen molar-refractivity contribution in [3.63, 3.8) is 0 Å². The molecule has 6 amide bonds. The molecule has 0 radical (unpaired) electrons. The van der Waals surface area contributed by atoms with Gasteiger partial charge in [0.1, 0.15) is 29.4 Å². The van der Waals surface area contributed by atoms with Crippen molar-refractivity contribution in [2.45, 2.75) is 115 Å². The van der Waals surface area contributed by atoms with Gasteiger partial charge in [-0.3, -0.25) is 33.8 Å². The standard InChI is InChI=1S/C47H62N10O7/c1-4-5-20-41(59)57-47(22-21-34-31(26-47)15-11-19-39(34)64-29(2)3)45(63)56-37(24-30-13-7-6-8-14-30)44(62)54-36(18-12-23-51-46(49)50)43(61)55-38(42(60)53-28-40(48)58)25-32-27-52-35-17-10-9-16-33(32)35/h6-11,13-17,19,27,29,36-38,52H,4-5,12,18,20-26,28H2,1-3H3,(H2,48,58)(H,53,60)(H,54,62)(H,55,61)(H,56,63)(H,57,59)(H4,49,50,51)/t36-,37+,38-,47+/m0/s1. The van der Waals surface area contributed by atoms with E-state index in [2.05, 4.69) is 36.6 Å². The lowest BCUT2D eigenvalue weighted by Gasteiger charge is -2.39. The highest BCUT2D eigenvalue weighted by Crippen LogP contribution is 2.35. The van der Waals surface area contributed by atoms with Crippen LogP contribution in [0.1, 0.15) is 81.5 Å². The molecule has 0 aliphatic heterocycles. The van der Waals surface area contributed by atoms with Crippen molar-refractivity contribution in [3.05, 3.63) is 101 Å². The fraction of sp³-hybridized carbons (Fsp3) is 0.426. The van der Waals surface area contributed by atoms with E-state index in [9.17, 15) is 28.8 Å². The average molecular weight is 879 g/mol. The first-order valence-electron chi connectivity index (χ1n) is 21.9. The molecule has 17 heteroatoms. The highest BCUT2D eigenvalue weighted by molar-refractivity contribution is 5.98. The van der Waals surface area contributed by atoms with Crippen molar-refractivity contribution in [2.75, 3.05) is 13.1 Å². The van der Waals surface area contributed by atoms with Gasteiger partial charge >= 0.3 is 0 Å². The number of rotatable bonds is 23. The van der Waals surface area contributed by atoms with Crippen LogP contribution < -0.4 is 48.5 Å². The number of unbranched alkanes of at least 4 members (excludes halogenated alkanes) is 1. The van der Waals surface area contributed by atoms with Crippen LogP contribution in [0.15, 0.2) is 84.0 Å². The summed E-state index contributed by atoms with van der Waals surface area (Å²) >= 11 is 0. The average Bonchev–Trinajstić information content (AvgIpc) is 3.67. The van der Waals surface area contributed by atoms with Crippen LogP contribution >= 0.6 is 0 Å². The van der Waals surface area contributed by atoms with Crippen LogP contribution in [0.25, 0.3) is 10.9 Å². The third-order valence-electron chi connectivity index (χ3n) is 11.1. The lowest BCUT2D eigenvalue weighted by Crippen LogP contribution is -2.65. The van der Waals surface area contributed by atoms with Gasteiger partial charge in [-0.25, -0.2) is 0 Å². The number of fused-ring (bicyclic) bond motifs is 2. The minimum atomic E-state index is -1.41. The van der Waals surface area contributed by atoms with Gasteiger partial charge in [0, 0.05) is 49.3 Å². The van der Waals surface area contributed by atoms with Crippen molar-refractivity contribution in [3.8, 4) is 5.75 Å². The summed E-state index contributed by atoms with van der Waals surface area (Å²) in [6, 6.07) is 18.6. The second kappa shape index (κ2) is 23.0. The van der Waals surface area contributed by atoms with Crippen LogP contribution in [0.5, 0.6) is 5.75 Å². The van der Waals surface area contributed by atoms with E-state index in [1.54, 1.807) is 6.20 Å². The number of aromatic amines is 1. The van der Waals surface area contributed by atoms with E-state index in [-0.39, 0.29) is 69.5 Å². The molecule has 12 N–H and O–H groups in total. The van der Waals surface area contributed by atoms with Gasteiger partial charge in [-0.15, -0.1) is 0 Å². The lowest BCUT2D eigenvalue weighted by atomic mass is 9.76. The number of nitrogens with one attached hydrogen (secondary N) is 6. The number of para-hydroxylation sites is 1. The van der Waals surface area contributed by atoms with Crippen LogP contribution in [-0.4, -0.2) is 89.2 Å². The molecule has 17 nitrogen and oxygen atoms in total. The number of benzene rings is 3. The monoisotopic (exact) mass is 878 g/mol. The largest absolute Gasteiger partial charge is 0.491 e. The minimum absolute atomic E-state index is 0.0297. The number of guanidine groups is 1. The second-order valence-corrected chi connectivity index (χ2v) is 16.5. The molecule has 0 saturated heterocycles. The number of H-pyrrole nitrogens is 1. The molecule has 3 aromatic carbocycles. The predicted octanol–water partition coefficient (Wildman–Crippen LogP) is 2.08. The third kappa shape index (κ3) is 13.5. The number of nitrogens with zero attached hydrogens (tertiary/aromatic N) is 1. The fourth-order valence-corrected chi connectivity index (χ4v) is 7.90. The molecule has 0 bridgehead atoms. The number of carbonyl (C=O) groups excluding carboxylic acids is 6. The zero-order valence-corrected chi connectivity index (χ0v) is 36.8. The van der Waals surface area contributed by atoms with Gasteiger partial charge in [0.05, 0.1) is 12.6 Å². The van der Waals surface area contributed by atoms with Crippen molar-refractivity contribution in [2.24, 2.45) is 22.2 Å². The van der Waals surface area contributed by atoms with Gasteiger partial charge in [0.25, 0.3) is 0 Å². The smallest absolute Gasteiger partial charge is 0.246 e. The normalized spacial score (nSPS) is 15.8. The second-order valence-electron chi connectivity index (χ2n) is 16.5. The summed E-state index contributed by atoms with van der Waals surface area (Å²) < 4.78 is 6.11. The number of primary amides is 1. The molecule has 1 heterocycles. The number of amides is 6. The molecule has 342 valence electrons. The van der Waals surface area contributed by atoms with Crippen LogP contribution in [0, 0.1) is 0 Å². The minimum Gasteiger partial charge on any atom is -0.491 e. The maximum Gasteiger partial charge on any atom is 0.246 e. The first-order valence-corrected chi connectivity index (χ1v) is 21.9. The molecular weight excluding hydrogens is 817 g/mol. The Morgan fingerprint density at radius 2 is 1.52 bits per heavy atom. The van der Waals surface area contributed by atoms with Crippen molar-refractivity contribution in [1.29, 1.82) is 0 Å². The Hall–Kier alpha value is -6.91. The van der Waals surface area contributed by atoms with Crippen LogP contribution in [0.3, 0.4) is 0 Å². The summed E-state index contributed by atoms with van der Waals surface area (Å²) in [7, 11) is 0. The van der Waals surface area contributed by atoms with E-state index >= 15 is 0 Å². The summed E-state index contributed by atoms with van der Waals surface area (Å²) in [4.78, 5) is 89.6. The lowest BCUT2D eigenvalue weighted by molar-refractivity contribution is -0.137. The van der Waals surface area contributed by atoms with Gasteiger partial charge in [0.2, 0.25) is 35.4 Å². The molecule has 64 heavy (non-hydrogen) atoms. The van der Waals surface area contributed by atoms with Crippen LogP contribution in [-0.2, 0) is 54.5 Å². The Kier molecular flexibility index (Phi) is 17.3. The molecule has 0 saturated carbocycles. The number of aromatic nitrogens is 1. The highest BCUT2D eigenvalue weighted by Gasteiger charge is 2.45. The molecule has 1 aliphatic rings. The molecule has 1 aliphatic carbocycles. The zero-order valence-electron chi connectivity index (χ0n) is 36.8. The van der Waals surface area contributed by atoms with E-state index in [1.807, 2.05) is 93.6 Å². The molecule has 4 aromatic rings. The van der Waals surface area contributed by atoms with E-state index in [0.29, 0.717) is 12.8 Å². The molecule has 4 atom stereocenters. The summed E-state index contributed by atoms with van der Waals surface area (Å²) in [6.07, 6.45) is 4.50. The van der Waals surface area contributed by atoms with Crippen molar-refractivity contribution >= 4 is 52.3 Å². The third-order valence-corrected chi connectivity index (χ3v) is 11.1. The molecule has 0 fully saturated rings. The number of hydrogen-bond donors (Lipinski definition) is 9. The topological polar surface area (TPSA) is 278 Å². The highest BCUT2D eigenvalue weighted by atomic mass is 16.5. The summed E-state index contributed by atoms with van der Waals surface area (Å²) in [5, 5.41) is 15.0. The Labute approximate surface area is 373 Å². The number of aliphatic imine (C=N–C) groups is 1. The number of ether oxygens (including phenoxy) is 1. The Bertz CT molecular complexity index is 2290. The maximum absolute atomic E-state index is 14.8. The van der Waals surface area contributed by atoms with Crippen molar-refractivity contribution in [1.82, 2.24) is 31.6 Å². The van der Waals surface area contributed by atoms with E-state index < -0.39 is 59.7 Å². The van der Waals surface area contributed by atoms with Crippen molar-refractivity contribution < 1.29 is 33.5 Å². The van der Waals surface area contributed by atoms with E-state index in [1.165, 1.54) is 0 Å². The quantitative estimate of drug-likeness (QED) is 0.0299. The van der Waals surface area contributed by atoms with Gasteiger partial charge in [-0.2, -0.15) is 0 Å². The zero-order chi connectivity index (χ0) is 46.2. The Morgan fingerprint density at radius 3 is 2.23 bits per heavy atom. The summed E-state index contributed by atoms with van der Waals surface area (Å²) in [5.74, 6) is -3.08. The molecule has 0 spiro atoms. The van der Waals surface area contributed by atoms with Gasteiger partial charge < -0.3 is 53.5 Å². The number of carbonyl (C=O) groups is 6. The van der Waals surface area contributed by atoms with E-state index in [0.717, 1.165) is 45.3 Å². The Morgan fingerprint density at radius 1 is 0.812 bits per heavy atom. The van der Waals surface area contributed by atoms with Gasteiger partial charge in [0.15, 0.2) is 5.96 Å². The molecule has 1 aromatic heterocycles. The first-order chi connectivity index (χ1) is 30.7. The van der Waals surface area contributed by atoms with E-state index in [4.69, 9.17) is 21.9 Å². The summed E-state index contributed by atoms with van der Waals surface area (Å²) in [6.45, 7) is 5.54. The van der Waals surface area contributed by atoms with Crippen LogP contribution in [0.2, 0.25) is 0 Å². The predicted molar refractivity (Wildman–Crippen MR) is 245 cm³/mol. The molecule has 5 rings (SSSR count). The van der Waals surface area contributed by atoms with Gasteiger partial charge in [-0.05, 0) is 80.3 Å². The fourth-order valence-electron chi connectivity index (χ4n) is 7.90. The number of nitrogens with two attached hydrogens (primary N) is 3. The van der Waals surface area contributed by atoms with Gasteiger partial charge in [-0.1, -0.05) is 74.0 Å². The van der Waals surface area contributed by atoms with Crippen LogP contribution in [0.4, 0.5) is 0 Å². The first kappa shape index (κ1) is 48.1. The maximum atomic E-state index is 14.8. The number of hydrogen-bond acceptors (Lipinski definition) is 8. The molecular formula is C47H62N10O7. The summed E-state index contributed by atoms with van der Waals surface area (Å²) in [5.41, 5.74) is 19.1. The SMILES string of the molecule is CCCCC(=O)N[C@]1(C(=O)N[C@H](Cc2ccccc2)C(=O)N[C@@H](CCCN=C(N)N)C(=O)N[C@@H](Cc2c[nH]c3ccccc23)C(=O)NCC(N)=O)CCc2c(cccc2OC(C)C)C1. The Balaban J connectivity index is 1.45.